The third kappa shape index (κ3) is 7.48. The van der Waals surface area contributed by atoms with Crippen molar-refractivity contribution in [3.05, 3.63) is 0 Å². The van der Waals surface area contributed by atoms with Crippen molar-refractivity contribution in [2.45, 2.75) is 78.5 Å². The third-order valence-corrected chi connectivity index (χ3v) is 4.97. The van der Waals surface area contributed by atoms with Gasteiger partial charge >= 0.3 is 5.97 Å². The summed E-state index contributed by atoms with van der Waals surface area (Å²) in [5.74, 6) is -0.417. The predicted molar refractivity (Wildman–Crippen MR) is 105 cm³/mol. The fraction of sp³-hybridized carbons (Fsp3) is 0.850. The topological polar surface area (TPSA) is 87.7 Å². The molecule has 1 aliphatic heterocycles. The highest BCUT2D eigenvalue weighted by molar-refractivity contribution is 5.82. The van der Waals surface area contributed by atoms with E-state index < -0.39 is 11.6 Å². The highest BCUT2D eigenvalue weighted by Crippen LogP contribution is 2.28. The van der Waals surface area contributed by atoms with E-state index in [0.29, 0.717) is 19.5 Å². The van der Waals surface area contributed by atoms with Gasteiger partial charge in [-0.1, -0.05) is 13.3 Å². The summed E-state index contributed by atoms with van der Waals surface area (Å²) in [4.78, 5) is 38.4. The molecule has 2 N–H and O–H groups in total. The first-order valence-corrected chi connectivity index (χ1v) is 9.94. The van der Waals surface area contributed by atoms with Crippen molar-refractivity contribution in [3.63, 3.8) is 0 Å². The lowest BCUT2D eigenvalue weighted by Gasteiger charge is -2.32. The van der Waals surface area contributed by atoms with Crippen LogP contribution in [0.3, 0.4) is 0 Å². The van der Waals surface area contributed by atoms with Crippen molar-refractivity contribution in [1.29, 1.82) is 0 Å². The van der Waals surface area contributed by atoms with E-state index in [4.69, 9.17) is 4.74 Å². The zero-order valence-corrected chi connectivity index (χ0v) is 17.9. The number of hydrogen-bond donors (Lipinski definition) is 2. The van der Waals surface area contributed by atoms with Crippen LogP contribution >= 0.6 is 0 Å². The first-order valence-electron chi connectivity index (χ1n) is 9.94. The van der Waals surface area contributed by atoms with E-state index in [1.54, 1.807) is 7.05 Å². The zero-order valence-electron chi connectivity index (χ0n) is 17.9. The maximum Gasteiger partial charge on any atom is 0.323 e. The van der Waals surface area contributed by atoms with Gasteiger partial charge in [0.25, 0.3) is 0 Å². The molecule has 1 fully saturated rings. The molecule has 2 amide bonds. The minimum absolute atomic E-state index is 0.000730. The SMILES string of the molecule is CCC[C@@H](CN1CC(C(=O)NC)CC1C(=O)OC(C)(C)C)C(C)NC(C)=O. The summed E-state index contributed by atoms with van der Waals surface area (Å²) in [6.45, 7) is 12.3. The van der Waals surface area contributed by atoms with Gasteiger partial charge in [-0.2, -0.15) is 0 Å². The van der Waals surface area contributed by atoms with Crippen LogP contribution in [0.1, 0.15) is 60.8 Å². The number of hydrogen-bond acceptors (Lipinski definition) is 5. The fourth-order valence-corrected chi connectivity index (χ4v) is 3.72. The predicted octanol–water partition coefficient (Wildman–Crippen LogP) is 1.71. The van der Waals surface area contributed by atoms with Crippen LogP contribution < -0.4 is 10.6 Å². The van der Waals surface area contributed by atoms with E-state index in [1.165, 1.54) is 6.92 Å². The van der Waals surface area contributed by atoms with Gasteiger partial charge in [0.15, 0.2) is 0 Å². The minimum Gasteiger partial charge on any atom is -0.459 e. The number of carbonyl (C=O) groups excluding carboxylic acids is 3. The van der Waals surface area contributed by atoms with Gasteiger partial charge in [-0.25, -0.2) is 0 Å². The molecule has 4 atom stereocenters. The first kappa shape index (κ1) is 23.4. The Morgan fingerprint density at radius 1 is 1.26 bits per heavy atom. The molecule has 7 nitrogen and oxygen atoms in total. The lowest BCUT2D eigenvalue weighted by atomic mass is 9.95. The second kappa shape index (κ2) is 10.1. The monoisotopic (exact) mass is 383 g/mol. The second-order valence-corrected chi connectivity index (χ2v) is 8.59. The summed E-state index contributed by atoms with van der Waals surface area (Å²) < 4.78 is 5.60. The van der Waals surface area contributed by atoms with Crippen LogP contribution in [0.5, 0.6) is 0 Å². The molecular formula is C20H37N3O4. The number of likely N-dealkylation sites (tertiary alicyclic amines) is 1. The Morgan fingerprint density at radius 2 is 1.89 bits per heavy atom. The lowest BCUT2D eigenvalue weighted by Crippen LogP contribution is -2.47. The summed E-state index contributed by atoms with van der Waals surface area (Å²) in [7, 11) is 1.62. The van der Waals surface area contributed by atoms with Crippen LogP contribution in [-0.2, 0) is 19.1 Å². The van der Waals surface area contributed by atoms with Crippen LogP contribution in [0, 0.1) is 11.8 Å². The van der Waals surface area contributed by atoms with Crippen molar-refractivity contribution >= 4 is 17.8 Å². The molecule has 27 heavy (non-hydrogen) atoms. The van der Waals surface area contributed by atoms with Crippen molar-refractivity contribution in [3.8, 4) is 0 Å². The molecule has 0 radical (unpaired) electrons. The summed E-state index contributed by atoms with van der Waals surface area (Å²) >= 11 is 0. The summed E-state index contributed by atoms with van der Waals surface area (Å²) in [6.07, 6.45) is 2.38. The Bertz CT molecular complexity index is 530. The number of nitrogens with zero attached hydrogens (tertiary/aromatic N) is 1. The minimum atomic E-state index is -0.569. The molecule has 0 spiro atoms. The Labute approximate surface area is 163 Å². The van der Waals surface area contributed by atoms with Gasteiger partial charge in [0.2, 0.25) is 11.8 Å². The lowest BCUT2D eigenvalue weighted by molar-refractivity contribution is -0.160. The van der Waals surface area contributed by atoms with Crippen molar-refractivity contribution < 1.29 is 19.1 Å². The summed E-state index contributed by atoms with van der Waals surface area (Å²) in [5, 5.41) is 5.66. The maximum atomic E-state index is 12.7. The molecule has 1 saturated heterocycles. The van der Waals surface area contributed by atoms with Crippen molar-refractivity contribution in [1.82, 2.24) is 15.5 Å². The van der Waals surface area contributed by atoms with Gasteiger partial charge in [-0.15, -0.1) is 0 Å². The fourth-order valence-electron chi connectivity index (χ4n) is 3.72. The largest absolute Gasteiger partial charge is 0.459 e. The van der Waals surface area contributed by atoms with Crippen LogP contribution in [0.15, 0.2) is 0 Å². The van der Waals surface area contributed by atoms with E-state index in [2.05, 4.69) is 22.5 Å². The Hall–Kier alpha value is -1.63. The van der Waals surface area contributed by atoms with E-state index in [-0.39, 0.29) is 35.7 Å². The number of ether oxygens (including phenoxy) is 1. The highest BCUT2D eigenvalue weighted by atomic mass is 16.6. The van der Waals surface area contributed by atoms with Crippen molar-refractivity contribution in [2.24, 2.45) is 11.8 Å². The Kier molecular flexibility index (Phi) is 8.72. The quantitative estimate of drug-likeness (QED) is 0.623. The van der Waals surface area contributed by atoms with Crippen molar-refractivity contribution in [2.75, 3.05) is 20.1 Å². The molecule has 0 aromatic rings. The molecule has 0 saturated carbocycles. The molecule has 0 aromatic heterocycles. The average Bonchev–Trinajstić information content (AvgIpc) is 2.95. The molecule has 0 aromatic carbocycles. The Morgan fingerprint density at radius 3 is 2.37 bits per heavy atom. The van der Waals surface area contributed by atoms with Gasteiger partial charge in [0, 0.05) is 33.1 Å². The molecule has 1 heterocycles. The molecule has 1 aliphatic rings. The third-order valence-electron chi connectivity index (χ3n) is 4.97. The average molecular weight is 384 g/mol. The molecule has 156 valence electrons. The highest BCUT2D eigenvalue weighted by Gasteiger charge is 2.42. The van der Waals surface area contributed by atoms with Gasteiger partial charge in [0.05, 0.1) is 5.92 Å². The van der Waals surface area contributed by atoms with Gasteiger partial charge in [0.1, 0.15) is 11.6 Å². The second-order valence-electron chi connectivity index (χ2n) is 8.59. The van der Waals surface area contributed by atoms with Crippen LogP contribution in [-0.4, -0.2) is 60.5 Å². The number of esters is 1. The Balaban J connectivity index is 2.96. The first-order chi connectivity index (χ1) is 12.5. The van der Waals surface area contributed by atoms with E-state index in [1.807, 2.05) is 27.7 Å². The number of nitrogens with one attached hydrogen (secondary N) is 2. The van der Waals surface area contributed by atoms with Crippen LogP contribution in [0.25, 0.3) is 0 Å². The smallest absolute Gasteiger partial charge is 0.323 e. The van der Waals surface area contributed by atoms with Gasteiger partial charge in [-0.05, 0) is 46.5 Å². The van der Waals surface area contributed by atoms with E-state index in [9.17, 15) is 14.4 Å². The molecule has 0 aliphatic carbocycles. The molecule has 0 bridgehead atoms. The molecule has 3 unspecified atom stereocenters. The van der Waals surface area contributed by atoms with E-state index in [0.717, 1.165) is 12.8 Å². The van der Waals surface area contributed by atoms with E-state index >= 15 is 0 Å². The number of carbonyl (C=O) groups is 3. The van der Waals surface area contributed by atoms with Crippen LogP contribution in [0.2, 0.25) is 0 Å². The summed E-state index contributed by atoms with van der Waals surface area (Å²) in [6, 6.07) is -0.434. The summed E-state index contributed by atoms with van der Waals surface area (Å²) in [5.41, 5.74) is -0.569. The standard InChI is InChI=1S/C20H37N3O4/c1-8-9-15(13(2)22-14(3)24)11-23-12-16(18(25)21-7)10-17(23)19(26)27-20(4,5)6/h13,15-17H,8-12H2,1-7H3,(H,21,25)(H,22,24)/t13?,15-,16?,17?/m0/s1. The molecule has 1 rings (SSSR count). The molecule has 7 heteroatoms. The number of amides is 2. The van der Waals surface area contributed by atoms with Gasteiger partial charge in [-0.3, -0.25) is 19.3 Å². The normalized spacial score (nSPS) is 22.8. The van der Waals surface area contributed by atoms with Gasteiger partial charge < -0.3 is 15.4 Å². The maximum absolute atomic E-state index is 12.7. The molecular weight excluding hydrogens is 346 g/mol. The van der Waals surface area contributed by atoms with Crippen LogP contribution in [0.4, 0.5) is 0 Å². The number of rotatable bonds is 8. The zero-order chi connectivity index (χ0) is 20.8.